The number of amidine groups is 1. The first-order valence-electron chi connectivity index (χ1n) is 17.8. The molecule has 2 amide bonds. The summed E-state index contributed by atoms with van der Waals surface area (Å²) in [4.78, 5) is 53.1. The highest BCUT2D eigenvalue weighted by Crippen LogP contribution is 2.61. The molecule has 1 spiro atoms. The van der Waals surface area contributed by atoms with Crippen molar-refractivity contribution in [3.63, 3.8) is 0 Å². The number of carbonyl (C=O) groups is 2. The lowest BCUT2D eigenvalue weighted by molar-refractivity contribution is -0.160. The van der Waals surface area contributed by atoms with Crippen LogP contribution in [-0.4, -0.2) is 125 Å². The van der Waals surface area contributed by atoms with E-state index in [-0.39, 0.29) is 29.2 Å². The lowest BCUT2D eigenvalue weighted by Gasteiger charge is -2.68. The molecule has 2 saturated carbocycles. The number of piperazine rings is 1. The van der Waals surface area contributed by atoms with Crippen LogP contribution < -0.4 is 21.1 Å². The van der Waals surface area contributed by atoms with Crippen LogP contribution in [0.25, 0.3) is 0 Å². The second kappa shape index (κ2) is 13.4. The van der Waals surface area contributed by atoms with Gasteiger partial charge in [0.2, 0.25) is 17.7 Å². The van der Waals surface area contributed by atoms with Crippen molar-refractivity contribution < 1.29 is 14.3 Å². The Labute approximate surface area is 293 Å². The van der Waals surface area contributed by atoms with Crippen LogP contribution in [0.15, 0.2) is 40.4 Å². The summed E-state index contributed by atoms with van der Waals surface area (Å²) in [5.74, 6) is 2.69. The van der Waals surface area contributed by atoms with Crippen molar-refractivity contribution in [1.29, 1.82) is 5.41 Å². The lowest BCUT2D eigenvalue weighted by Crippen LogP contribution is -2.74. The van der Waals surface area contributed by atoms with E-state index >= 15 is 0 Å². The van der Waals surface area contributed by atoms with Gasteiger partial charge in [0.05, 0.1) is 29.5 Å². The van der Waals surface area contributed by atoms with E-state index in [1.807, 2.05) is 18.7 Å². The van der Waals surface area contributed by atoms with Gasteiger partial charge in [0, 0.05) is 75.6 Å². The number of pyridine rings is 2. The zero-order chi connectivity index (χ0) is 35.2. The van der Waals surface area contributed by atoms with Crippen molar-refractivity contribution in [3.8, 4) is 5.88 Å². The van der Waals surface area contributed by atoms with Crippen LogP contribution in [0.2, 0.25) is 0 Å². The minimum Gasteiger partial charge on any atom is -0.475 e. The standard InChI is InChI=1S/C36H49N11O3/c1-23(2)50-29-7-4-24(19-41-29)31(38)32-27(37)5-6-28(43-32)47-13-11-35(34(47)49)10-12-44(21-35)20-30(48)45-14-16-46(17-15-45)36-9-8-26(36)25(18-36)33(39)42-22-40-3/h4-7,19,22-23,25-26,38H,8-18,20-21,37H2,1-3H3,(H2,39,40,42)/t25?,26?,35-,36?/m0/s1. The smallest absolute Gasteiger partial charge is 0.236 e. The number of anilines is 2. The minimum absolute atomic E-state index is 0.00785. The number of nitrogens with one attached hydrogen (secondary N) is 1. The van der Waals surface area contributed by atoms with Gasteiger partial charge in [0.25, 0.3) is 0 Å². The van der Waals surface area contributed by atoms with Crippen LogP contribution in [0.3, 0.4) is 0 Å². The average molecular weight is 684 g/mol. The summed E-state index contributed by atoms with van der Waals surface area (Å²) in [5.41, 5.74) is 13.5. The van der Waals surface area contributed by atoms with Crippen LogP contribution >= 0.6 is 0 Å². The zero-order valence-corrected chi connectivity index (χ0v) is 29.3. The minimum atomic E-state index is -0.542. The maximum absolute atomic E-state index is 14.0. The molecule has 5 aliphatic rings. The van der Waals surface area contributed by atoms with Crippen molar-refractivity contribution in [1.82, 2.24) is 24.7 Å². The highest BCUT2D eigenvalue weighted by Gasteiger charge is 2.63. The van der Waals surface area contributed by atoms with Gasteiger partial charge < -0.3 is 21.1 Å². The molecular formula is C36H49N11O3. The third-order valence-corrected chi connectivity index (χ3v) is 11.7. The van der Waals surface area contributed by atoms with E-state index in [9.17, 15) is 9.59 Å². The van der Waals surface area contributed by atoms with Gasteiger partial charge in [-0.05, 0) is 76.6 Å². The first-order valence-corrected chi connectivity index (χ1v) is 17.8. The molecule has 7 rings (SSSR count). The van der Waals surface area contributed by atoms with Crippen LogP contribution in [-0.2, 0) is 9.59 Å². The fourth-order valence-corrected chi connectivity index (χ4v) is 8.88. The quantitative estimate of drug-likeness (QED) is 0.249. The second-order valence-electron chi connectivity index (χ2n) is 14.8. The molecule has 14 heteroatoms. The largest absolute Gasteiger partial charge is 0.475 e. The van der Waals surface area contributed by atoms with Crippen molar-refractivity contribution in [3.05, 3.63) is 41.7 Å². The van der Waals surface area contributed by atoms with Crippen molar-refractivity contribution in [2.45, 2.75) is 57.6 Å². The van der Waals surface area contributed by atoms with Crippen LogP contribution in [0.1, 0.15) is 57.2 Å². The van der Waals surface area contributed by atoms with Gasteiger partial charge in [-0.15, -0.1) is 0 Å². The molecule has 2 aliphatic carbocycles. The van der Waals surface area contributed by atoms with E-state index in [0.717, 1.165) is 32.6 Å². The fourth-order valence-electron chi connectivity index (χ4n) is 8.88. The number of ether oxygens (including phenoxy) is 1. The molecule has 3 saturated heterocycles. The van der Waals surface area contributed by atoms with Gasteiger partial charge in [0.1, 0.15) is 23.7 Å². The number of likely N-dealkylation sites (tertiary alicyclic amines) is 1. The van der Waals surface area contributed by atoms with Gasteiger partial charge in [-0.1, -0.05) is 0 Å². The van der Waals surface area contributed by atoms with Gasteiger partial charge in [0.15, 0.2) is 0 Å². The number of carbonyl (C=O) groups excluding carboxylic acids is 2. The fraction of sp³-hybridized carbons (Fsp3) is 0.583. The predicted molar refractivity (Wildman–Crippen MR) is 193 cm³/mol. The molecule has 5 N–H and O–H groups in total. The van der Waals surface area contributed by atoms with E-state index < -0.39 is 5.41 Å². The molecule has 3 unspecified atom stereocenters. The zero-order valence-electron chi connectivity index (χ0n) is 29.3. The number of nitrogens with two attached hydrogens (primary N) is 2. The van der Waals surface area contributed by atoms with Crippen molar-refractivity contribution >= 4 is 41.2 Å². The Morgan fingerprint density at radius 3 is 2.56 bits per heavy atom. The number of nitrogens with zero attached hydrogens (tertiary/aromatic N) is 8. The second-order valence-corrected chi connectivity index (χ2v) is 14.8. The Morgan fingerprint density at radius 2 is 1.90 bits per heavy atom. The molecule has 5 fully saturated rings. The van der Waals surface area contributed by atoms with Crippen LogP contribution in [0.5, 0.6) is 5.88 Å². The Balaban J connectivity index is 0.926. The maximum Gasteiger partial charge on any atom is 0.236 e. The van der Waals surface area contributed by atoms with E-state index in [1.165, 1.54) is 19.2 Å². The number of fused-ring (bicyclic) bond motifs is 1. The summed E-state index contributed by atoms with van der Waals surface area (Å²) in [5, 5.41) is 8.80. The molecule has 5 heterocycles. The SMILES string of the molecule is CN=CN=C(N)C1CC2(N3CCN(C(=O)CN4CC[C@]5(CCN(c6ccc(N)c(C(=N)c7ccc(OC(C)C)nc7)n6)C5=O)C4)CC3)CCC12. The summed E-state index contributed by atoms with van der Waals surface area (Å²) in [7, 11) is 1.70. The summed E-state index contributed by atoms with van der Waals surface area (Å²) in [6.07, 6.45) is 7.90. The molecule has 14 nitrogen and oxygen atoms in total. The lowest BCUT2D eigenvalue weighted by atomic mass is 9.46. The molecule has 0 aromatic carbocycles. The summed E-state index contributed by atoms with van der Waals surface area (Å²) >= 11 is 0. The number of amides is 2. The van der Waals surface area contributed by atoms with Gasteiger partial charge in [-0.25, -0.2) is 15.0 Å². The van der Waals surface area contributed by atoms with Gasteiger partial charge in [-0.2, -0.15) is 0 Å². The number of hydrogen-bond donors (Lipinski definition) is 3. The van der Waals surface area contributed by atoms with Crippen LogP contribution in [0.4, 0.5) is 11.5 Å². The topological polar surface area (TPSA) is 183 Å². The van der Waals surface area contributed by atoms with Crippen LogP contribution in [0, 0.1) is 22.7 Å². The molecule has 50 heavy (non-hydrogen) atoms. The van der Waals surface area contributed by atoms with Crippen molar-refractivity contribution in [2.75, 3.05) is 70.0 Å². The highest BCUT2D eigenvalue weighted by atomic mass is 16.5. The molecule has 3 aliphatic heterocycles. The first kappa shape index (κ1) is 34.0. The monoisotopic (exact) mass is 683 g/mol. The first-order chi connectivity index (χ1) is 24.0. The Hall–Kier alpha value is -4.43. The van der Waals surface area contributed by atoms with E-state index in [1.54, 1.807) is 42.4 Å². The maximum atomic E-state index is 14.0. The third-order valence-electron chi connectivity index (χ3n) is 11.7. The van der Waals surface area contributed by atoms with Crippen molar-refractivity contribution in [2.24, 2.45) is 33.0 Å². The molecule has 2 aromatic rings. The Kier molecular flexibility index (Phi) is 9.10. The normalized spacial score (nSPS) is 28.7. The van der Waals surface area contributed by atoms with E-state index in [4.69, 9.17) is 26.6 Å². The van der Waals surface area contributed by atoms with Gasteiger partial charge in [-0.3, -0.25) is 34.7 Å². The number of aliphatic imine (C=N–C) groups is 2. The molecule has 0 radical (unpaired) electrons. The highest BCUT2D eigenvalue weighted by molar-refractivity contribution is 6.12. The number of hydrogen-bond acceptors (Lipinski definition) is 10. The Bertz CT molecular complexity index is 1700. The summed E-state index contributed by atoms with van der Waals surface area (Å²) < 4.78 is 5.62. The molecule has 4 atom stereocenters. The molecule has 2 aromatic heterocycles. The molecular weight excluding hydrogens is 634 g/mol. The van der Waals surface area contributed by atoms with E-state index in [2.05, 4.69) is 24.8 Å². The Morgan fingerprint density at radius 1 is 1.12 bits per heavy atom. The summed E-state index contributed by atoms with van der Waals surface area (Å²) in [6.45, 7) is 9.17. The number of rotatable bonds is 10. The summed E-state index contributed by atoms with van der Waals surface area (Å²) in [6, 6.07) is 6.93. The average Bonchev–Trinajstić information content (AvgIpc) is 3.66. The van der Waals surface area contributed by atoms with Gasteiger partial charge >= 0.3 is 0 Å². The third kappa shape index (κ3) is 6.02. The molecule has 0 bridgehead atoms. The number of nitrogen functional groups attached to an aromatic ring is 1. The predicted octanol–water partition coefficient (Wildman–Crippen LogP) is 2.02. The number of aromatic nitrogens is 2. The van der Waals surface area contributed by atoms with E-state index in [0.29, 0.717) is 85.3 Å². The molecule has 266 valence electrons.